The third-order valence-electron chi connectivity index (χ3n) is 1.98. The van der Waals surface area contributed by atoms with Gasteiger partial charge in [-0.05, 0) is 23.1 Å². The van der Waals surface area contributed by atoms with Gasteiger partial charge in [-0.3, -0.25) is 4.79 Å². The number of carbonyl (C=O) groups is 1. The molecule has 1 aliphatic rings. The lowest BCUT2D eigenvalue weighted by Crippen LogP contribution is -2.18. The fourth-order valence-corrected chi connectivity index (χ4v) is 3.34. The summed E-state index contributed by atoms with van der Waals surface area (Å²) in [7, 11) is -1.95. The summed E-state index contributed by atoms with van der Waals surface area (Å²) < 4.78 is 21.6. The van der Waals surface area contributed by atoms with Crippen LogP contribution in [0.2, 0.25) is 0 Å². The van der Waals surface area contributed by atoms with Gasteiger partial charge in [0.2, 0.25) is 6.41 Å². The zero-order chi connectivity index (χ0) is 9.90. The standard InChI is InChI=1S/C7H13NO3S2/c1-13(10,11)12-5-7-2-3-8(4-7)6-9/h6-7H,2-5H2,1H3. The molecule has 0 aliphatic carbocycles. The molecule has 1 amide bonds. The van der Waals surface area contributed by atoms with E-state index in [1.165, 1.54) is 6.26 Å². The van der Waals surface area contributed by atoms with Crippen LogP contribution in [0.15, 0.2) is 0 Å². The van der Waals surface area contributed by atoms with Gasteiger partial charge in [0.1, 0.15) is 0 Å². The molecule has 1 unspecified atom stereocenters. The van der Waals surface area contributed by atoms with E-state index in [9.17, 15) is 13.2 Å². The first-order valence-electron chi connectivity index (χ1n) is 4.05. The molecule has 13 heavy (non-hydrogen) atoms. The molecule has 1 rings (SSSR count). The molecule has 0 radical (unpaired) electrons. The number of carbonyl (C=O) groups excluding carboxylic acids is 1. The van der Waals surface area contributed by atoms with Crippen molar-refractivity contribution in [3.8, 4) is 0 Å². The quantitative estimate of drug-likeness (QED) is 0.503. The van der Waals surface area contributed by atoms with Gasteiger partial charge >= 0.3 is 0 Å². The molecule has 4 nitrogen and oxygen atoms in total. The zero-order valence-electron chi connectivity index (χ0n) is 7.47. The molecule has 0 aromatic rings. The maximum atomic E-state index is 10.8. The van der Waals surface area contributed by atoms with Crippen LogP contribution in [0.4, 0.5) is 0 Å². The van der Waals surface area contributed by atoms with Crippen molar-refractivity contribution >= 4 is 26.1 Å². The first-order valence-corrected chi connectivity index (χ1v) is 7.44. The summed E-state index contributed by atoms with van der Waals surface area (Å²) in [5.74, 6) is 0.938. The van der Waals surface area contributed by atoms with Crippen molar-refractivity contribution in [1.82, 2.24) is 4.90 Å². The summed E-state index contributed by atoms with van der Waals surface area (Å²) in [6, 6.07) is 0. The van der Waals surface area contributed by atoms with Crippen LogP contribution in [0, 0.1) is 5.92 Å². The van der Waals surface area contributed by atoms with Gasteiger partial charge in [-0.15, -0.1) is 0 Å². The van der Waals surface area contributed by atoms with Gasteiger partial charge in [-0.2, -0.15) is 0 Å². The molecule has 0 aromatic heterocycles. The van der Waals surface area contributed by atoms with Crippen molar-refractivity contribution in [2.75, 3.05) is 25.1 Å². The highest BCUT2D eigenvalue weighted by molar-refractivity contribution is 8.71. The molecule has 1 fully saturated rings. The summed E-state index contributed by atoms with van der Waals surface area (Å²) in [4.78, 5) is 12.0. The summed E-state index contributed by atoms with van der Waals surface area (Å²) in [5.41, 5.74) is 0. The normalized spacial score (nSPS) is 23.5. The van der Waals surface area contributed by atoms with Crippen LogP contribution in [-0.2, 0) is 13.7 Å². The third-order valence-corrected chi connectivity index (χ3v) is 4.71. The van der Waals surface area contributed by atoms with E-state index in [1.54, 1.807) is 4.90 Å². The second-order valence-electron chi connectivity index (χ2n) is 3.24. The van der Waals surface area contributed by atoms with Crippen LogP contribution >= 0.6 is 10.8 Å². The van der Waals surface area contributed by atoms with E-state index in [0.717, 1.165) is 30.2 Å². The molecule has 6 heteroatoms. The highest BCUT2D eigenvalue weighted by Gasteiger charge is 2.22. The molecule has 1 heterocycles. The minimum atomic E-state index is -2.93. The molecular weight excluding hydrogens is 210 g/mol. The Morgan fingerprint density at radius 1 is 1.62 bits per heavy atom. The van der Waals surface area contributed by atoms with E-state index in [1.807, 2.05) is 0 Å². The fourth-order valence-electron chi connectivity index (χ4n) is 1.31. The molecule has 0 bridgehead atoms. The van der Waals surface area contributed by atoms with Crippen LogP contribution < -0.4 is 0 Å². The molecular formula is C7H13NO3S2. The van der Waals surface area contributed by atoms with E-state index < -0.39 is 8.87 Å². The number of rotatable bonds is 4. The summed E-state index contributed by atoms with van der Waals surface area (Å²) >= 11 is 0. The molecule has 76 valence electrons. The van der Waals surface area contributed by atoms with E-state index in [2.05, 4.69) is 0 Å². The molecule has 0 spiro atoms. The Kier molecular flexibility index (Phi) is 3.61. The first kappa shape index (κ1) is 10.8. The molecule has 0 aromatic carbocycles. The van der Waals surface area contributed by atoms with Crippen LogP contribution in [0.25, 0.3) is 0 Å². The van der Waals surface area contributed by atoms with E-state index in [0.29, 0.717) is 18.2 Å². The highest BCUT2D eigenvalue weighted by Crippen LogP contribution is 2.22. The summed E-state index contributed by atoms with van der Waals surface area (Å²) in [6.07, 6.45) is 2.95. The molecule has 1 aliphatic heterocycles. The topological polar surface area (TPSA) is 54.5 Å². The Morgan fingerprint density at radius 2 is 2.31 bits per heavy atom. The lowest BCUT2D eigenvalue weighted by Gasteiger charge is -2.08. The van der Waals surface area contributed by atoms with Crippen molar-refractivity contribution in [2.45, 2.75) is 6.42 Å². The molecule has 0 N–H and O–H groups in total. The highest BCUT2D eigenvalue weighted by atomic mass is 33.1. The maximum Gasteiger partial charge on any atom is 0.209 e. The summed E-state index contributed by atoms with van der Waals surface area (Å²) in [6.45, 7) is 1.46. The van der Waals surface area contributed by atoms with Crippen LogP contribution in [0.3, 0.4) is 0 Å². The second kappa shape index (κ2) is 4.32. The van der Waals surface area contributed by atoms with Crippen LogP contribution in [0.1, 0.15) is 6.42 Å². The van der Waals surface area contributed by atoms with E-state index >= 15 is 0 Å². The van der Waals surface area contributed by atoms with Crippen LogP contribution in [0.5, 0.6) is 0 Å². The van der Waals surface area contributed by atoms with Gasteiger partial charge in [0.25, 0.3) is 0 Å². The lowest BCUT2D eigenvalue weighted by molar-refractivity contribution is -0.117. The zero-order valence-corrected chi connectivity index (χ0v) is 9.10. The van der Waals surface area contributed by atoms with Crippen molar-refractivity contribution in [3.63, 3.8) is 0 Å². The Labute approximate surface area is 82.0 Å². The number of hydrogen-bond acceptors (Lipinski definition) is 4. The average Bonchev–Trinajstić information content (AvgIpc) is 2.47. The van der Waals surface area contributed by atoms with Gasteiger partial charge in [-0.1, -0.05) is 0 Å². The van der Waals surface area contributed by atoms with Gasteiger partial charge in [0.05, 0.1) is 0 Å². The second-order valence-corrected chi connectivity index (χ2v) is 7.74. The minimum absolute atomic E-state index is 0.338. The Morgan fingerprint density at radius 3 is 2.77 bits per heavy atom. The monoisotopic (exact) mass is 223 g/mol. The lowest BCUT2D eigenvalue weighted by atomic mass is 10.2. The number of likely N-dealkylation sites (tertiary alicyclic amines) is 1. The fraction of sp³-hybridized carbons (Fsp3) is 0.857. The van der Waals surface area contributed by atoms with Crippen molar-refractivity contribution in [1.29, 1.82) is 0 Å². The van der Waals surface area contributed by atoms with Crippen LogP contribution in [-0.4, -0.2) is 44.8 Å². The minimum Gasteiger partial charge on any atom is -0.345 e. The number of amides is 1. The molecule has 0 saturated carbocycles. The molecule has 1 atom stereocenters. The van der Waals surface area contributed by atoms with Gasteiger partial charge in [0, 0.05) is 25.1 Å². The van der Waals surface area contributed by atoms with Crippen molar-refractivity contribution in [2.24, 2.45) is 5.92 Å². The first-order chi connectivity index (χ1) is 6.01. The van der Waals surface area contributed by atoms with Gasteiger partial charge in [0.15, 0.2) is 8.87 Å². The van der Waals surface area contributed by atoms with Crippen molar-refractivity contribution in [3.05, 3.63) is 0 Å². The Balaban J connectivity index is 2.29. The number of hydrogen-bond donors (Lipinski definition) is 0. The van der Waals surface area contributed by atoms with E-state index in [4.69, 9.17) is 0 Å². The largest absolute Gasteiger partial charge is 0.345 e. The number of nitrogens with zero attached hydrogens (tertiary/aromatic N) is 1. The Bertz CT molecular complexity index is 275. The Hall–Kier alpha value is -0.230. The maximum absolute atomic E-state index is 10.8. The van der Waals surface area contributed by atoms with E-state index in [-0.39, 0.29) is 0 Å². The van der Waals surface area contributed by atoms with Gasteiger partial charge in [-0.25, -0.2) is 8.42 Å². The SMILES string of the molecule is CS(=O)(=O)SCC1CCN(C=O)C1. The summed E-state index contributed by atoms with van der Waals surface area (Å²) in [5, 5.41) is 0. The van der Waals surface area contributed by atoms with Gasteiger partial charge < -0.3 is 4.90 Å². The molecule has 1 saturated heterocycles. The smallest absolute Gasteiger partial charge is 0.209 e. The average molecular weight is 223 g/mol. The van der Waals surface area contributed by atoms with Crippen molar-refractivity contribution < 1.29 is 13.2 Å². The third kappa shape index (κ3) is 3.99. The predicted octanol–water partition coefficient (Wildman–Crippen LogP) is 0.157. The predicted molar refractivity (Wildman–Crippen MR) is 53.0 cm³/mol.